The summed E-state index contributed by atoms with van der Waals surface area (Å²) in [5.74, 6) is -0.277. The van der Waals surface area contributed by atoms with E-state index in [1.165, 1.54) is 23.5 Å². The van der Waals surface area contributed by atoms with E-state index >= 15 is 0 Å². The van der Waals surface area contributed by atoms with Gasteiger partial charge in [-0.15, -0.1) is 0 Å². The summed E-state index contributed by atoms with van der Waals surface area (Å²) in [6.07, 6.45) is 2.17. The Morgan fingerprint density at radius 1 is 1.09 bits per heavy atom. The second-order valence-corrected chi connectivity index (χ2v) is 11.5. The van der Waals surface area contributed by atoms with Crippen LogP contribution in [0.2, 0.25) is 0 Å². The number of sulfonamides is 2. The highest BCUT2D eigenvalue weighted by Gasteiger charge is 2.33. The Morgan fingerprint density at radius 2 is 1.78 bits per heavy atom. The monoisotopic (exact) mass is 481 g/mol. The van der Waals surface area contributed by atoms with Crippen LogP contribution in [-0.4, -0.2) is 53.5 Å². The lowest BCUT2D eigenvalue weighted by Crippen LogP contribution is -2.43. The highest BCUT2D eigenvalue weighted by Crippen LogP contribution is 2.27. The van der Waals surface area contributed by atoms with Gasteiger partial charge in [-0.1, -0.05) is 6.07 Å². The minimum absolute atomic E-state index is 0.0699. The summed E-state index contributed by atoms with van der Waals surface area (Å²) in [6, 6.07) is 11.1. The Balaban J connectivity index is 1.72. The lowest BCUT2D eigenvalue weighted by Gasteiger charge is -2.31. The van der Waals surface area contributed by atoms with Gasteiger partial charge in [0.1, 0.15) is 5.75 Å². The molecule has 1 amide bonds. The molecule has 1 heterocycles. The molecule has 1 unspecified atom stereocenters. The summed E-state index contributed by atoms with van der Waals surface area (Å²) in [7, 11) is -5.70. The number of aryl methyl sites for hydroxylation is 1. The van der Waals surface area contributed by atoms with Crippen LogP contribution in [0.15, 0.2) is 47.4 Å². The van der Waals surface area contributed by atoms with Crippen LogP contribution < -0.4 is 14.8 Å². The summed E-state index contributed by atoms with van der Waals surface area (Å²) in [4.78, 5) is 13.0. The first kappa shape index (κ1) is 24.0. The number of ether oxygens (including phenoxy) is 1. The third-order valence-electron chi connectivity index (χ3n) is 5.25. The van der Waals surface area contributed by atoms with Crippen molar-refractivity contribution in [1.82, 2.24) is 4.31 Å². The molecule has 0 aromatic heterocycles. The van der Waals surface area contributed by atoms with E-state index in [4.69, 9.17) is 4.74 Å². The van der Waals surface area contributed by atoms with Gasteiger partial charge in [-0.2, -0.15) is 4.31 Å². The van der Waals surface area contributed by atoms with Crippen molar-refractivity contribution in [3.05, 3.63) is 48.0 Å². The summed E-state index contributed by atoms with van der Waals surface area (Å²) >= 11 is 0. The number of nitrogens with one attached hydrogen (secondary N) is 2. The average Bonchev–Trinajstić information content (AvgIpc) is 2.75. The van der Waals surface area contributed by atoms with Gasteiger partial charge >= 0.3 is 0 Å². The quantitative estimate of drug-likeness (QED) is 0.626. The SMILES string of the molecule is COc1ccc(S(=O)(=O)N2CCCC(C(=O)Nc3ccc(C)c(NS(C)(=O)=O)c3)C2)cc1. The number of benzene rings is 2. The molecular formula is C21H27N3O6S2. The minimum atomic E-state index is -3.74. The first-order valence-corrected chi connectivity index (χ1v) is 13.4. The number of hydrogen-bond donors (Lipinski definition) is 2. The number of hydrogen-bond acceptors (Lipinski definition) is 6. The van der Waals surface area contributed by atoms with Crippen LogP contribution in [0.1, 0.15) is 18.4 Å². The molecule has 2 aromatic rings. The number of piperidine rings is 1. The molecule has 0 aliphatic carbocycles. The van der Waals surface area contributed by atoms with E-state index in [1.54, 1.807) is 37.3 Å². The fourth-order valence-corrected chi connectivity index (χ4v) is 5.67. The third kappa shape index (κ3) is 5.78. The van der Waals surface area contributed by atoms with Gasteiger partial charge in [-0.3, -0.25) is 9.52 Å². The molecule has 11 heteroatoms. The Morgan fingerprint density at radius 3 is 2.41 bits per heavy atom. The van der Waals surface area contributed by atoms with Crippen LogP contribution in [-0.2, 0) is 24.8 Å². The molecule has 0 saturated carbocycles. The summed E-state index contributed by atoms with van der Waals surface area (Å²) in [5.41, 5.74) is 1.52. The molecule has 1 saturated heterocycles. The number of amides is 1. The molecule has 174 valence electrons. The summed E-state index contributed by atoms with van der Waals surface area (Å²) in [6.45, 7) is 2.16. The average molecular weight is 482 g/mol. The molecule has 0 bridgehead atoms. The second-order valence-electron chi connectivity index (χ2n) is 7.77. The van der Waals surface area contributed by atoms with Crippen molar-refractivity contribution in [2.45, 2.75) is 24.7 Å². The van der Waals surface area contributed by atoms with E-state index in [0.717, 1.165) is 6.26 Å². The standard InChI is InChI=1S/C21H27N3O6S2/c1-15-6-7-17(13-20(15)23-31(3,26)27)22-21(25)16-5-4-12-24(14-16)32(28,29)19-10-8-18(30-2)9-11-19/h6-11,13,16,23H,4-5,12,14H2,1-3H3,(H,22,25). The highest BCUT2D eigenvalue weighted by atomic mass is 32.2. The molecule has 1 fully saturated rings. The van der Waals surface area contributed by atoms with Gasteiger partial charge in [-0.25, -0.2) is 16.8 Å². The number of anilines is 2. The van der Waals surface area contributed by atoms with Crippen molar-refractivity contribution in [3.63, 3.8) is 0 Å². The predicted molar refractivity (Wildman–Crippen MR) is 123 cm³/mol. The molecule has 1 atom stereocenters. The number of carbonyl (C=O) groups is 1. The molecule has 1 aliphatic rings. The molecule has 2 aromatic carbocycles. The zero-order chi connectivity index (χ0) is 23.5. The van der Waals surface area contributed by atoms with E-state index < -0.39 is 26.0 Å². The van der Waals surface area contributed by atoms with E-state index in [0.29, 0.717) is 42.1 Å². The molecule has 0 radical (unpaired) electrons. The fourth-order valence-electron chi connectivity index (χ4n) is 3.53. The number of nitrogens with zero attached hydrogens (tertiary/aromatic N) is 1. The lowest BCUT2D eigenvalue weighted by molar-refractivity contribution is -0.120. The van der Waals surface area contributed by atoms with E-state index in [-0.39, 0.29) is 17.3 Å². The van der Waals surface area contributed by atoms with Crippen molar-refractivity contribution >= 4 is 37.3 Å². The molecule has 0 spiro atoms. The van der Waals surface area contributed by atoms with E-state index in [1.807, 2.05) is 0 Å². The maximum absolute atomic E-state index is 13.0. The van der Waals surface area contributed by atoms with Gasteiger partial charge in [0.15, 0.2) is 0 Å². The topological polar surface area (TPSA) is 122 Å². The number of carbonyl (C=O) groups excluding carboxylic acids is 1. The zero-order valence-corrected chi connectivity index (χ0v) is 19.8. The normalized spacial score (nSPS) is 17.5. The Hall–Kier alpha value is -2.63. The van der Waals surface area contributed by atoms with Crippen LogP contribution in [0.3, 0.4) is 0 Å². The third-order valence-corrected chi connectivity index (χ3v) is 7.72. The van der Waals surface area contributed by atoms with Gasteiger partial charge in [-0.05, 0) is 61.7 Å². The van der Waals surface area contributed by atoms with Crippen molar-refractivity contribution in [2.24, 2.45) is 5.92 Å². The van der Waals surface area contributed by atoms with Crippen molar-refractivity contribution in [1.29, 1.82) is 0 Å². The van der Waals surface area contributed by atoms with Gasteiger partial charge < -0.3 is 10.1 Å². The van der Waals surface area contributed by atoms with Crippen molar-refractivity contribution in [3.8, 4) is 5.75 Å². The predicted octanol–water partition coefficient (Wildman–Crippen LogP) is 2.41. The van der Waals surface area contributed by atoms with Gasteiger partial charge in [0.25, 0.3) is 0 Å². The van der Waals surface area contributed by atoms with Crippen LogP contribution in [0, 0.1) is 12.8 Å². The first-order valence-electron chi connectivity index (χ1n) is 10.0. The fraction of sp³-hybridized carbons (Fsp3) is 0.381. The molecule has 32 heavy (non-hydrogen) atoms. The van der Waals surface area contributed by atoms with Crippen LogP contribution in [0.5, 0.6) is 5.75 Å². The zero-order valence-electron chi connectivity index (χ0n) is 18.2. The maximum atomic E-state index is 13.0. The minimum Gasteiger partial charge on any atom is -0.497 e. The lowest BCUT2D eigenvalue weighted by atomic mass is 9.98. The smallest absolute Gasteiger partial charge is 0.243 e. The van der Waals surface area contributed by atoms with Crippen LogP contribution in [0.25, 0.3) is 0 Å². The second kappa shape index (κ2) is 9.47. The molecule has 9 nitrogen and oxygen atoms in total. The van der Waals surface area contributed by atoms with Crippen molar-refractivity contribution in [2.75, 3.05) is 36.5 Å². The number of rotatable bonds is 7. The Bertz CT molecular complexity index is 1190. The van der Waals surface area contributed by atoms with Crippen LogP contribution in [0.4, 0.5) is 11.4 Å². The number of methoxy groups -OCH3 is 1. The van der Waals surface area contributed by atoms with Crippen LogP contribution >= 0.6 is 0 Å². The van der Waals surface area contributed by atoms with E-state index in [9.17, 15) is 21.6 Å². The Kier molecular flexibility index (Phi) is 7.11. The van der Waals surface area contributed by atoms with Gasteiger partial charge in [0, 0.05) is 18.8 Å². The van der Waals surface area contributed by atoms with Gasteiger partial charge in [0.05, 0.1) is 29.9 Å². The first-order chi connectivity index (χ1) is 15.0. The van der Waals surface area contributed by atoms with Gasteiger partial charge in [0.2, 0.25) is 26.0 Å². The Labute approximate surface area is 188 Å². The molecule has 2 N–H and O–H groups in total. The largest absolute Gasteiger partial charge is 0.497 e. The summed E-state index contributed by atoms with van der Waals surface area (Å²) in [5, 5.41) is 2.78. The molecule has 3 rings (SSSR count). The van der Waals surface area contributed by atoms with Crippen molar-refractivity contribution < 1.29 is 26.4 Å². The van der Waals surface area contributed by atoms with E-state index in [2.05, 4.69) is 10.0 Å². The molecular weight excluding hydrogens is 454 g/mol. The molecule has 1 aliphatic heterocycles. The summed E-state index contributed by atoms with van der Waals surface area (Å²) < 4.78 is 58.0. The highest BCUT2D eigenvalue weighted by molar-refractivity contribution is 7.92. The maximum Gasteiger partial charge on any atom is 0.243 e.